The van der Waals surface area contributed by atoms with E-state index in [9.17, 15) is 0 Å². The lowest BCUT2D eigenvalue weighted by molar-refractivity contribution is 0.686. The smallest absolute Gasteiger partial charge is 0.0130 e. The van der Waals surface area contributed by atoms with Crippen molar-refractivity contribution in [3.05, 3.63) is 17.4 Å². The van der Waals surface area contributed by atoms with Gasteiger partial charge in [-0.05, 0) is 56.1 Å². The zero-order valence-corrected chi connectivity index (χ0v) is 7.97. The predicted octanol–water partition coefficient (Wildman–Crippen LogP) is 3.69. The Morgan fingerprint density at radius 1 is 1.17 bits per heavy atom. The zero-order chi connectivity index (χ0) is 8.39. The van der Waals surface area contributed by atoms with Gasteiger partial charge in [0.2, 0.25) is 0 Å². The molecule has 0 unspecified atom stereocenters. The van der Waals surface area contributed by atoms with Gasteiger partial charge in [-0.15, -0.1) is 5.73 Å². The van der Waals surface area contributed by atoms with Crippen molar-refractivity contribution in [3.8, 4) is 0 Å². The van der Waals surface area contributed by atoms with Crippen molar-refractivity contribution < 1.29 is 0 Å². The van der Waals surface area contributed by atoms with Crippen LogP contribution >= 0.6 is 0 Å². The fourth-order valence-corrected chi connectivity index (χ4v) is 2.01. The molecule has 2 rings (SSSR count). The Balaban J connectivity index is 1.93. The van der Waals surface area contributed by atoms with Gasteiger partial charge in [0.25, 0.3) is 0 Å². The Morgan fingerprint density at radius 2 is 1.83 bits per heavy atom. The van der Waals surface area contributed by atoms with E-state index in [-0.39, 0.29) is 0 Å². The first-order valence-electron chi connectivity index (χ1n) is 5.29. The van der Waals surface area contributed by atoms with Crippen LogP contribution < -0.4 is 0 Å². The number of rotatable bonds is 2. The van der Waals surface area contributed by atoms with Crippen molar-refractivity contribution in [2.45, 2.75) is 45.4 Å². The highest BCUT2D eigenvalue weighted by Crippen LogP contribution is 2.35. The Morgan fingerprint density at radius 3 is 2.42 bits per heavy atom. The minimum absolute atomic E-state index is 0.860. The first-order valence-corrected chi connectivity index (χ1v) is 5.29. The molecule has 0 aromatic rings. The van der Waals surface area contributed by atoms with E-state index in [1.807, 2.05) is 0 Å². The minimum Gasteiger partial charge on any atom is -0.126 e. The molecule has 0 radical (unpaired) electrons. The van der Waals surface area contributed by atoms with Crippen LogP contribution in [-0.4, -0.2) is 0 Å². The second kappa shape index (κ2) is 3.49. The summed E-state index contributed by atoms with van der Waals surface area (Å²) < 4.78 is 0. The maximum atomic E-state index is 3.48. The molecule has 0 aromatic carbocycles. The van der Waals surface area contributed by atoms with E-state index in [0.29, 0.717) is 0 Å². The predicted molar refractivity (Wildman–Crippen MR) is 52.0 cm³/mol. The van der Waals surface area contributed by atoms with E-state index in [1.54, 1.807) is 0 Å². The summed E-state index contributed by atoms with van der Waals surface area (Å²) in [6.45, 7) is 2.24. The van der Waals surface area contributed by atoms with Crippen LogP contribution in [0.2, 0.25) is 0 Å². The maximum Gasteiger partial charge on any atom is -0.0130 e. The van der Waals surface area contributed by atoms with Gasteiger partial charge in [-0.2, -0.15) is 0 Å². The monoisotopic (exact) mass is 162 g/mol. The lowest BCUT2D eigenvalue weighted by atomic mass is 10.1. The van der Waals surface area contributed by atoms with Gasteiger partial charge in [0.1, 0.15) is 0 Å². The summed E-state index contributed by atoms with van der Waals surface area (Å²) in [5, 5.41) is 0. The summed E-state index contributed by atoms with van der Waals surface area (Å²) in [7, 11) is 0. The van der Waals surface area contributed by atoms with Gasteiger partial charge < -0.3 is 0 Å². The molecule has 0 heteroatoms. The van der Waals surface area contributed by atoms with Crippen molar-refractivity contribution in [1.82, 2.24) is 0 Å². The number of allylic oxidation sites excluding steroid dienone is 1. The highest BCUT2D eigenvalue weighted by atomic mass is 14.3. The molecule has 2 fully saturated rings. The molecular weight excluding hydrogens is 144 g/mol. The van der Waals surface area contributed by atoms with Crippen molar-refractivity contribution in [3.63, 3.8) is 0 Å². The Kier molecular flexibility index (Phi) is 2.37. The summed E-state index contributed by atoms with van der Waals surface area (Å²) in [6.07, 6.45) is 10.8. The first-order chi connectivity index (χ1) is 5.86. The molecule has 66 valence electrons. The summed E-state index contributed by atoms with van der Waals surface area (Å²) in [6, 6.07) is 0. The molecular formula is C12H18. The molecule has 0 aliphatic heterocycles. The molecule has 0 saturated heterocycles. The van der Waals surface area contributed by atoms with E-state index in [4.69, 9.17) is 0 Å². The molecule has 12 heavy (non-hydrogen) atoms. The van der Waals surface area contributed by atoms with Crippen LogP contribution in [0.25, 0.3) is 0 Å². The number of hydrogen-bond acceptors (Lipinski definition) is 0. The molecule has 0 heterocycles. The van der Waals surface area contributed by atoms with Gasteiger partial charge in [0, 0.05) is 0 Å². The van der Waals surface area contributed by atoms with Crippen molar-refractivity contribution in [1.29, 1.82) is 0 Å². The molecule has 0 N–H and O–H groups in total. The van der Waals surface area contributed by atoms with E-state index in [1.165, 1.54) is 44.1 Å². The van der Waals surface area contributed by atoms with Crippen LogP contribution in [0, 0.1) is 11.8 Å². The molecule has 0 aromatic heterocycles. The fraction of sp³-hybridized carbons (Fsp3) is 0.750. The Labute approximate surface area is 75.4 Å². The van der Waals surface area contributed by atoms with Crippen LogP contribution in [0.3, 0.4) is 0 Å². The van der Waals surface area contributed by atoms with E-state index < -0.39 is 0 Å². The largest absolute Gasteiger partial charge is 0.126 e. The average Bonchev–Trinajstić information content (AvgIpc) is 2.80. The third kappa shape index (κ3) is 2.01. The maximum absolute atomic E-state index is 3.48. The molecule has 0 bridgehead atoms. The third-order valence-corrected chi connectivity index (χ3v) is 3.14. The first kappa shape index (κ1) is 8.13. The van der Waals surface area contributed by atoms with Gasteiger partial charge in [0.15, 0.2) is 0 Å². The van der Waals surface area contributed by atoms with Crippen LogP contribution in [0.15, 0.2) is 17.4 Å². The SMILES string of the molecule is CC(=C=CC1CCCC1)C1CC1. The van der Waals surface area contributed by atoms with E-state index in [2.05, 4.69) is 18.7 Å². The summed E-state index contributed by atoms with van der Waals surface area (Å²) >= 11 is 0. The number of hydrogen-bond donors (Lipinski definition) is 0. The van der Waals surface area contributed by atoms with E-state index >= 15 is 0 Å². The van der Waals surface area contributed by atoms with Gasteiger partial charge in [-0.1, -0.05) is 12.8 Å². The molecule has 0 nitrogen and oxygen atoms in total. The van der Waals surface area contributed by atoms with Crippen molar-refractivity contribution in [2.75, 3.05) is 0 Å². The molecule has 0 spiro atoms. The van der Waals surface area contributed by atoms with Gasteiger partial charge >= 0.3 is 0 Å². The third-order valence-electron chi connectivity index (χ3n) is 3.14. The molecule has 0 amide bonds. The summed E-state index contributed by atoms with van der Waals surface area (Å²) in [5.41, 5.74) is 4.98. The van der Waals surface area contributed by atoms with E-state index in [0.717, 1.165) is 11.8 Å². The normalized spacial score (nSPS) is 23.8. The molecule has 2 saturated carbocycles. The Hall–Kier alpha value is -0.480. The quantitative estimate of drug-likeness (QED) is 0.543. The minimum atomic E-state index is 0.860. The average molecular weight is 162 g/mol. The highest BCUT2D eigenvalue weighted by molar-refractivity contribution is 5.09. The molecule has 2 aliphatic rings. The van der Waals surface area contributed by atoms with Gasteiger partial charge in [-0.25, -0.2) is 0 Å². The van der Waals surface area contributed by atoms with Crippen LogP contribution in [0.4, 0.5) is 0 Å². The summed E-state index contributed by atoms with van der Waals surface area (Å²) in [5.74, 6) is 1.77. The second-order valence-corrected chi connectivity index (χ2v) is 4.31. The van der Waals surface area contributed by atoms with Gasteiger partial charge in [0.05, 0.1) is 0 Å². The lowest BCUT2D eigenvalue weighted by Gasteiger charge is -1.97. The lowest BCUT2D eigenvalue weighted by Crippen LogP contribution is -1.84. The second-order valence-electron chi connectivity index (χ2n) is 4.31. The van der Waals surface area contributed by atoms with Gasteiger partial charge in [-0.3, -0.25) is 0 Å². The van der Waals surface area contributed by atoms with Crippen LogP contribution in [0.1, 0.15) is 45.4 Å². The Bertz CT molecular complexity index is 208. The molecule has 2 aliphatic carbocycles. The van der Waals surface area contributed by atoms with Crippen molar-refractivity contribution in [2.24, 2.45) is 11.8 Å². The topological polar surface area (TPSA) is 0 Å². The van der Waals surface area contributed by atoms with Crippen LogP contribution in [0.5, 0.6) is 0 Å². The summed E-state index contributed by atoms with van der Waals surface area (Å²) in [4.78, 5) is 0. The standard InChI is InChI=1S/C12H18/c1-10(12-8-9-12)6-7-11-4-2-3-5-11/h7,11-12H,2-5,8-9H2,1H3. The van der Waals surface area contributed by atoms with Crippen molar-refractivity contribution >= 4 is 0 Å². The fourth-order valence-electron chi connectivity index (χ4n) is 2.01. The zero-order valence-electron chi connectivity index (χ0n) is 7.97. The molecule has 0 atom stereocenters. The van der Waals surface area contributed by atoms with Crippen LogP contribution in [-0.2, 0) is 0 Å². The highest BCUT2D eigenvalue weighted by Gasteiger charge is 2.22.